The lowest BCUT2D eigenvalue weighted by Crippen LogP contribution is -2.25. The van der Waals surface area contributed by atoms with Crippen LogP contribution in [0.3, 0.4) is 0 Å². The molecule has 6 heteroatoms. The number of hydrogen-bond acceptors (Lipinski definition) is 6. The lowest BCUT2D eigenvalue weighted by atomic mass is 10.3. The highest BCUT2D eigenvalue weighted by molar-refractivity contribution is 5.52. The van der Waals surface area contributed by atoms with Gasteiger partial charge in [-0.3, -0.25) is 0 Å². The normalized spacial score (nSPS) is 9.71. The first-order valence-electron chi connectivity index (χ1n) is 5.71. The maximum atomic E-state index is 8.60. The van der Waals surface area contributed by atoms with Crippen LogP contribution in [-0.2, 0) is 0 Å². The second-order valence-electron chi connectivity index (χ2n) is 3.49. The van der Waals surface area contributed by atoms with E-state index in [-0.39, 0.29) is 5.95 Å². The molecule has 0 spiro atoms. The number of aromatic nitrogens is 2. The van der Waals surface area contributed by atoms with Crippen molar-refractivity contribution in [1.29, 1.82) is 5.26 Å². The number of nitrogens with one attached hydrogen (secondary N) is 1. The van der Waals surface area contributed by atoms with Crippen molar-refractivity contribution in [3.05, 3.63) is 6.07 Å². The largest absolute Gasteiger partial charge is 0.370 e. The average Bonchev–Trinajstić information content (AvgIpc) is 2.30. The maximum Gasteiger partial charge on any atom is 0.223 e. The lowest BCUT2D eigenvalue weighted by molar-refractivity contribution is 0.809. The molecule has 1 aromatic rings. The summed E-state index contributed by atoms with van der Waals surface area (Å²) in [6.07, 6.45) is 0.467. The van der Waals surface area contributed by atoms with Gasteiger partial charge >= 0.3 is 0 Å². The van der Waals surface area contributed by atoms with Crippen LogP contribution in [0.15, 0.2) is 6.07 Å². The van der Waals surface area contributed by atoms with Crippen LogP contribution in [0.2, 0.25) is 0 Å². The molecule has 1 heterocycles. The van der Waals surface area contributed by atoms with Gasteiger partial charge in [-0.2, -0.15) is 15.2 Å². The summed E-state index contributed by atoms with van der Waals surface area (Å²) in [4.78, 5) is 10.3. The molecule has 0 saturated heterocycles. The van der Waals surface area contributed by atoms with Crippen molar-refractivity contribution in [1.82, 2.24) is 9.97 Å². The van der Waals surface area contributed by atoms with E-state index >= 15 is 0 Å². The number of nitrogens with zero attached hydrogens (tertiary/aromatic N) is 4. The maximum absolute atomic E-state index is 8.60. The molecule has 92 valence electrons. The minimum atomic E-state index is 0.244. The van der Waals surface area contributed by atoms with Gasteiger partial charge in [0.25, 0.3) is 0 Å². The van der Waals surface area contributed by atoms with Crippen molar-refractivity contribution >= 4 is 17.6 Å². The molecule has 0 radical (unpaired) electrons. The van der Waals surface area contributed by atoms with E-state index in [2.05, 4.69) is 21.4 Å². The van der Waals surface area contributed by atoms with Gasteiger partial charge in [-0.25, -0.2) is 0 Å². The van der Waals surface area contributed by atoms with Gasteiger partial charge in [0, 0.05) is 25.7 Å². The summed E-state index contributed by atoms with van der Waals surface area (Å²) in [6, 6.07) is 3.97. The predicted molar refractivity (Wildman–Crippen MR) is 68.7 cm³/mol. The Morgan fingerprint density at radius 3 is 2.82 bits per heavy atom. The third-order valence-corrected chi connectivity index (χ3v) is 2.29. The van der Waals surface area contributed by atoms with E-state index < -0.39 is 0 Å². The van der Waals surface area contributed by atoms with Gasteiger partial charge < -0.3 is 16.0 Å². The molecule has 0 aromatic carbocycles. The average molecular weight is 234 g/mol. The summed E-state index contributed by atoms with van der Waals surface area (Å²) in [6.45, 7) is 6.22. The summed E-state index contributed by atoms with van der Waals surface area (Å²) < 4.78 is 0. The van der Waals surface area contributed by atoms with E-state index in [1.807, 2.05) is 24.8 Å². The number of nitrogen functional groups attached to an aromatic ring is 1. The van der Waals surface area contributed by atoms with Crippen LogP contribution in [0.25, 0.3) is 0 Å². The molecule has 0 bridgehead atoms. The number of anilines is 3. The van der Waals surface area contributed by atoms with Gasteiger partial charge in [-0.15, -0.1) is 0 Å². The van der Waals surface area contributed by atoms with Crippen LogP contribution < -0.4 is 16.0 Å². The third-order valence-electron chi connectivity index (χ3n) is 2.29. The van der Waals surface area contributed by atoms with Crippen molar-refractivity contribution in [2.24, 2.45) is 0 Å². The first-order valence-corrected chi connectivity index (χ1v) is 5.71. The molecule has 1 rings (SSSR count). The van der Waals surface area contributed by atoms with Crippen molar-refractivity contribution in [2.75, 3.05) is 35.6 Å². The Bertz CT molecular complexity index is 397. The van der Waals surface area contributed by atoms with Crippen LogP contribution in [0.4, 0.5) is 17.6 Å². The van der Waals surface area contributed by atoms with Crippen LogP contribution in [-0.4, -0.2) is 29.6 Å². The summed E-state index contributed by atoms with van der Waals surface area (Å²) in [7, 11) is 0. The molecule has 17 heavy (non-hydrogen) atoms. The van der Waals surface area contributed by atoms with Gasteiger partial charge in [0.05, 0.1) is 12.5 Å². The number of hydrogen-bond donors (Lipinski definition) is 2. The Balaban J connectivity index is 2.90. The quantitative estimate of drug-likeness (QED) is 0.769. The molecular weight excluding hydrogens is 216 g/mol. The van der Waals surface area contributed by atoms with Gasteiger partial charge in [-0.05, 0) is 13.8 Å². The van der Waals surface area contributed by atoms with Crippen LogP contribution >= 0.6 is 0 Å². The Hall–Kier alpha value is -2.03. The minimum Gasteiger partial charge on any atom is -0.370 e. The fourth-order valence-electron chi connectivity index (χ4n) is 1.51. The molecule has 0 aliphatic carbocycles. The summed E-state index contributed by atoms with van der Waals surface area (Å²) in [5.74, 6) is 1.71. The fraction of sp³-hybridized carbons (Fsp3) is 0.545. The Labute approximate surface area is 101 Å². The monoisotopic (exact) mass is 234 g/mol. The van der Waals surface area contributed by atoms with Crippen LogP contribution in [0.5, 0.6) is 0 Å². The molecule has 0 unspecified atom stereocenters. The van der Waals surface area contributed by atoms with Crippen molar-refractivity contribution in [3.63, 3.8) is 0 Å². The first-order chi connectivity index (χ1) is 8.21. The molecule has 0 aliphatic rings. The fourth-order valence-corrected chi connectivity index (χ4v) is 1.51. The highest BCUT2D eigenvalue weighted by Gasteiger charge is 2.08. The number of nitrogens with two attached hydrogens (primary N) is 1. The van der Waals surface area contributed by atoms with Crippen LogP contribution in [0, 0.1) is 11.3 Å². The van der Waals surface area contributed by atoms with Gasteiger partial charge in [0.2, 0.25) is 5.95 Å². The molecule has 0 fully saturated rings. The number of rotatable bonds is 6. The zero-order valence-corrected chi connectivity index (χ0v) is 10.3. The minimum absolute atomic E-state index is 0.244. The van der Waals surface area contributed by atoms with Gasteiger partial charge in [-0.1, -0.05) is 0 Å². The van der Waals surface area contributed by atoms with Crippen molar-refractivity contribution in [3.8, 4) is 6.07 Å². The SMILES string of the molecule is CCNc1cc(N(CC)CCC#N)nc(N)n1. The van der Waals surface area contributed by atoms with E-state index in [1.165, 1.54) is 0 Å². The molecule has 0 atom stereocenters. The summed E-state index contributed by atoms with van der Waals surface area (Å²) in [5.41, 5.74) is 5.66. The smallest absolute Gasteiger partial charge is 0.223 e. The van der Waals surface area contributed by atoms with E-state index in [0.717, 1.165) is 18.9 Å². The predicted octanol–water partition coefficient (Wildman–Crippen LogP) is 1.23. The second kappa shape index (κ2) is 6.53. The molecule has 6 nitrogen and oxygen atoms in total. The molecular formula is C11H18N6. The van der Waals surface area contributed by atoms with E-state index in [1.54, 1.807) is 0 Å². The standard InChI is InChI=1S/C11H18N6/c1-3-14-9-8-10(16-11(13)15-9)17(4-2)7-5-6-12/h8H,3-5,7H2,1-2H3,(H3,13,14,15,16). The highest BCUT2D eigenvalue weighted by Crippen LogP contribution is 2.16. The zero-order valence-electron chi connectivity index (χ0n) is 10.3. The molecule has 1 aromatic heterocycles. The molecule has 0 saturated carbocycles. The van der Waals surface area contributed by atoms with Crippen LogP contribution in [0.1, 0.15) is 20.3 Å². The van der Waals surface area contributed by atoms with Gasteiger partial charge in [0.1, 0.15) is 11.6 Å². The highest BCUT2D eigenvalue weighted by atomic mass is 15.2. The summed E-state index contributed by atoms with van der Waals surface area (Å²) in [5, 5.41) is 11.7. The molecule has 3 N–H and O–H groups in total. The Kier molecular flexibility index (Phi) is 5.01. The number of nitriles is 1. The zero-order chi connectivity index (χ0) is 12.7. The van der Waals surface area contributed by atoms with E-state index in [9.17, 15) is 0 Å². The van der Waals surface area contributed by atoms with Gasteiger partial charge in [0.15, 0.2) is 0 Å². The molecule has 0 aliphatic heterocycles. The lowest BCUT2D eigenvalue weighted by Gasteiger charge is -2.21. The Morgan fingerprint density at radius 2 is 2.24 bits per heavy atom. The van der Waals surface area contributed by atoms with Crippen molar-refractivity contribution in [2.45, 2.75) is 20.3 Å². The topological polar surface area (TPSA) is 90.9 Å². The Morgan fingerprint density at radius 1 is 1.47 bits per heavy atom. The third kappa shape index (κ3) is 3.79. The van der Waals surface area contributed by atoms with Crippen molar-refractivity contribution < 1.29 is 0 Å². The summed E-state index contributed by atoms with van der Waals surface area (Å²) >= 11 is 0. The first kappa shape index (κ1) is 13.0. The molecule has 0 amide bonds. The van der Waals surface area contributed by atoms with E-state index in [0.29, 0.717) is 18.8 Å². The van der Waals surface area contributed by atoms with E-state index in [4.69, 9.17) is 11.0 Å². The second-order valence-corrected chi connectivity index (χ2v) is 3.49.